The Morgan fingerprint density at radius 3 is 0.615 bits per heavy atom. The summed E-state index contributed by atoms with van der Waals surface area (Å²) < 4.78 is 0. The molecule has 0 aliphatic rings. The first kappa shape index (κ1) is 39.1. The minimum absolute atomic E-state index is 0. The van der Waals surface area contributed by atoms with E-state index in [2.05, 4.69) is 20.4 Å². The van der Waals surface area contributed by atoms with E-state index in [-0.39, 0.29) is 17.1 Å². The van der Waals surface area contributed by atoms with E-state index >= 15 is 0 Å². The van der Waals surface area contributed by atoms with Crippen LogP contribution in [0.4, 0.5) is 0 Å². The Morgan fingerprint density at radius 1 is 0.615 bits per heavy atom. The van der Waals surface area contributed by atoms with Gasteiger partial charge in [0.05, 0.1) is 0 Å². The van der Waals surface area contributed by atoms with E-state index in [0.717, 1.165) is 0 Å². The summed E-state index contributed by atoms with van der Waals surface area (Å²) in [5.74, 6) is 0. The topological polar surface area (TPSA) is 51.2 Å². The van der Waals surface area contributed by atoms with Crippen molar-refractivity contribution in [3.05, 3.63) is 12.8 Å². The van der Waals surface area contributed by atoms with E-state index in [1.807, 2.05) is 40.5 Å². The van der Waals surface area contributed by atoms with Crippen molar-refractivity contribution in [3.8, 4) is 0 Å². The van der Waals surface area contributed by atoms with Gasteiger partial charge in [0.2, 0.25) is 0 Å². The summed E-state index contributed by atoms with van der Waals surface area (Å²) in [6.07, 6.45) is 4.00. The number of hydrogen-bond donors (Lipinski definition) is 0. The van der Waals surface area contributed by atoms with Crippen LogP contribution in [0.1, 0.15) is 27.7 Å². The Labute approximate surface area is 92.8 Å². The van der Waals surface area contributed by atoms with Gasteiger partial charge in [-0.1, -0.05) is 0 Å². The molecule has 0 saturated carbocycles. The fourth-order valence-corrected chi connectivity index (χ4v) is 0. The quantitative estimate of drug-likeness (QED) is 0.461. The molecule has 3 nitrogen and oxygen atoms in total. The molecular weight excluding hydrogens is 212 g/mol. The third kappa shape index (κ3) is 4730. The van der Waals surface area contributed by atoms with Crippen LogP contribution >= 0.6 is 0 Å². The van der Waals surface area contributed by atoms with Gasteiger partial charge in [-0.25, -0.2) is 0 Å². The Morgan fingerprint density at radius 2 is 0.615 bits per heavy atom. The van der Waals surface area contributed by atoms with Gasteiger partial charge in [-0.2, -0.15) is 27.7 Å². The standard InChI is InChI=1S/2C3H7.3CO.Fe/c2*1-3-2;3*1-2;/h2*3H,1-2H3;;;;/q5*-1;+5. The van der Waals surface area contributed by atoms with E-state index in [9.17, 15) is 0 Å². The summed E-state index contributed by atoms with van der Waals surface area (Å²) >= 11 is 0. The van der Waals surface area contributed by atoms with Gasteiger partial charge >= 0.3 is 17.1 Å². The van der Waals surface area contributed by atoms with Crippen molar-refractivity contribution >= 4 is 20.4 Å². The molecule has 4 heteroatoms. The summed E-state index contributed by atoms with van der Waals surface area (Å²) in [6.45, 7) is 21.5. The van der Waals surface area contributed by atoms with Crippen molar-refractivity contribution in [2.45, 2.75) is 27.7 Å². The molecule has 0 aromatic rings. The van der Waals surface area contributed by atoms with E-state index < -0.39 is 0 Å². The molecule has 0 unspecified atom stereocenters. The number of hydrogen-bond acceptors (Lipinski definition) is 3. The van der Waals surface area contributed by atoms with Crippen molar-refractivity contribution in [2.75, 3.05) is 0 Å². The molecule has 0 amide bonds. The third-order valence-corrected chi connectivity index (χ3v) is 0. The zero-order valence-electron chi connectivity index (χ0n) is 8.23. The normalized spacial score (nSPS) is 3.69. The first-order valence-electron chi connectivity index (χ1n) is 2.92. The monoisotopic (exact) mass is 226 g/mol. The largest absolute Gasteiger partial charge is 5.00 e. The average Bonchev–Trinajstić information content (AvgIpc) is 2.16. The number of carbonyl (C=O) groups excluding carboxylic acids is 3. The predicted octanol–water partition coefficient (Wildman–Crippen LogP) is 1.27. The van der Waals surface area contributed by atoms with E-state index in [1.54, 1.807) is 0 Å². The van der Waals surface area contributed by atoms with Gasteiger partial charge in [0, 0.05) is 0 Å². The first-order chi connectivity index (χ1) is 5.83. The van der Waals surface area contributed by atoms with Gasteiger partial charge in [-0.15, -0.1) is 0 Å². The van der Waals surface area contributed by atoms with Crippen LogP contribution in [0.2, 0.25) is 0 Å². The van der Waals surface area contributed by atoms with Crippen LogP contribution in [0.5, 0.6) is 0 Å². The van der Waals surface area contributed by atoms with Crippen LogP contribution in [-0.2, 0) is 31.5 Å². The van der Waals surface area contributed by atoms with Gasteiger partial charge in [0.25, 0.3) is 0 Å². The zero-order chi connectivity index (χ0) is 11.4. The molecule has 0 atom stereocenters. The van der Waals surface area contributed by atoms with Crippen molar-refractivity contribution in [3.63, 3.8) is 0 Å². The van der Waals surface area contributed by atoms with Crippen LogP contribution < -0.4 is 0 Å². The van der Waals surface area contributed by atoms with Crippen LogP contribution in [0.3, 0.4) is 0 Å². The Balaban J connectivity index is -0.0000000118. The summed E-state index contributed by atoms with van der Waals surface area (Å²) in [7, 11) is 0. The summed E-state index contributed by atoms with van der Waals surface area (Å²) in [6, 6.07) is 0. The molecule has 0 bridgehead atoms. The van der Waals surface area contributed by atoms with Crippen LogP contribution in [0, 0.1) is 12.8 Å². The molecule has 0 aliphatic heterocycles. The van der Waals surface area contributed by atoms with Crippen LogP contribution in [0.15, 0.2) is 0 Å². The molecule has 13 heavy (non-hydrogen) atoms. The molecule has 0 rings (SSSR count). The fourth-order valence-electron chi connectivity index (χ4n) is 0. The smallest absolute Gasteiger partial charge is 0.573 e. The van der Waals surface area contributed by atoms with E-state index in [0.29, 0.717) is 0 Å². The second-order valence-electron chi connectivity index (χ2n) is 1.15. The zero-order valence-corrected chi connectivity index (χ0v) is 9.34. The summed E-state index contributed by atoms with van der Waals surface area (Å²) in [5.41, 5.74) is 0. The molecule has 0 N–H and O–H groups in total. The van der Waals surface area contributed by atoms with E-state index in [4.69, 9.17) is 14.4 Å². The maximum atomic E-state index is 7.50. The first-order valence-corrected chi connectivity index (χ1v) is 2.92. The molecule has 0 saturated heterocycles. The molecule has 0 aliphatic carbocycles. The molecular formula is C9H14FeO3. The minimum atomic E-state index is 0. The molecule has 4 radical (unpaired) electrons. The second-order valence-corrected chi connectivity index (χ2v) is 1.15. The second kappa shape index (κ2) is 546. The molecule has 0 fully saturated rings. The van der Waals surface area contributed by atoms with Gasteiger partial charge in [-0.05, 0) is 0 Å². The van der Waals surface area contributed by atoms with Gasteiger partial charge in [0.1, 0.15) is 0 Å². The minimum Gasteiger partial charge on any atom is -0.573 e. The van der Waals surface area contributed by atoms with Gasteiger partial charge in [-0.3, -0.25) is 0 Å². The maximum absolute atomic E-state index is 7.50. The Kier molecular flexibility index (Phi) is 1640. The third-order valence-electron chi connectivity index (χ3n) is 0. The van der Waals surface area contributed by atoms with Crippen LogP contribution in [-0.4, -0.2) is 20.4 Å². The molecule has 0 heterocycles. The number of rotatable bonds is 0. The summed E-state index contributed by atoms with van der Waals surface area (Å²) in [4.78, 5) is 22.5. The maximum Gasteiger partial charge on any atom is 5.00 e. The summed E-state index contributed by atoms with van der Waals surface area (Å²) in [5, 5.41) is 0. The molecule has 0 aromatic heterocycles. The van der Waals surface area contributed by atoms with Crippen LogP contribution in [0.25, 0.3) is 0 Å². The Hall–Kier alpha value is -0.471. The van der Waals surface area contributed by atoms with Gasteiger partial charge < -0.3 is 47.6 Å². The molecule has 76 valence electrons. The molecule has 0 aromatic carbocycles. The van der Waals surface area contributed by atoms with Crippen molar-refractivity contribution < 1.29 is 31.5 Å². The Bertz CT molecular complexity index is 31.3. The van der Waals surface area contributed by atoms with Crippen molar-refractivity contribution in [1.82, 2.24) is 0 Å². The van der Waals surface area contributed by atoms with Crippen molar-refractivity contribution in [1.29, 1.82) is 0 Å². The fraction of sp³-hybridized carbons (Fsp3) is 0.444. The SMILES string of the molecule is C[CH-]C.C[CH-]C.[C-]=O.[C-]=O.[C-]=O.[Fe+5]. The van der Waals surface area contributed by atoms with E-state index in [1.165, 1.54) is 0 Å². The molecule has 0 spiro atoms. The van der Waals surface area contributed by atoms with Gasteiger partial charge in [0.15, 0.2) is 0 Å². The predicted molar refractivity (Wildman–Crippen MR) is 48.4 cm³/mol. The van der Waals surface area contributed by atoms with Crippen molar-refractivity contribution in [2.24, 2.45) is 0 Å². The average molecular weight is 226 g/mol.